The summed E-state index contributed by atoms with van der Waals surface area (Å²) in [7, 11) is 2.07. The zero-order chi connectivity index (χ0) is 25.8. The first-order valence-electron chi connectivity index (χ1n) is 12.7. The molecule has 7 nitrogen and oxygen atoms in total. The third-order valence-corrected chi connectivity index (χ3v) is 7.17. The van der Waals surface area contributed by atoms with E-state index in [0.717, 1.165) is 30.6 Å². The van der Waals surface area contributed by atoms with Crippen LogP contribution in [0.2, 0.25) is 0 Å². The van der Waals surface area contributed by atoms with Gasteiger partial charge in [0.15, 0.2) is 5.12 Å². The molecule has 3 amide bonds. The number of thioether (sulfide) groups is 1. The molecule has 1 saturated heterocycles. The van der Waals surface area contributed by atoms with Crippen LogP contribution in [0.25, 0.3) is 0 Å². The number of hydrogen-bond acceptors (Lipinski definition) is 5. The number of benzene rings is 2. The quantitative estimate of drug-likeness (QED) is 0.531. The molecule has 8 heteroatoms. The van der Waals surface area contributed by atoms with Gasteiger partial charge in [0.2, 0.25) is 5.91 Å². The number of nitrogens with zero attached hydrogens (tertiary/aromatic N) is 3. The van der Waals surface area contributed by atoms with Crippen LogP contribution in [-0.4, -0.2) is 89.9 Å². The summed E-state index contributed by atoms with van der Waals surface area (Å²) in [5, 5.41) is 3.09. The summed E-state index contributed by atoms with van der Waals surface area (Å²) in [4.78, 5) is 44.4. The second-order valence-corrected chi connectivity index (χ2v) is 10.5. The van der Waals surface area contributed by atoms with Crippen molar-refractivity contribution in [1.82, 2.24) is 20.0 Å². The summed E-state index contributed by atoms with van der Waals surface area (Å²) >= 11 is 1.21. The molecule has 0 radical (unpaired) electrons. The number of amides is 3. The van der Waals surface area contributed by atoms with Crippen LogP contribution in [0.1, 0.15) is 24.5 Å². The molecule has 0 aromatic heterocycles. The Kier molecular flexibility index (Phi) is 11.3. The van der Waals surface area contributed by atoms with E-state index in [4.69, 9.17) is 0 Å². The van der Waals surface area contributed by atoms with E-state index >= 15 is 0 Å². The van der Waals surface area contributed by atoms with Gasteiger partial charge in [-0.2, -0.15) is 0 Å². The molecule has 0 bridgehead atoms. The molecule has 1 aliphatic heterocycles. The van der Waals surface area contributed by atoms with Crippen LogP contribution >= 0.6 is 11.8 Å². The third kappa shape index (κ3) is 9.32. The van der Waals surface area contributed by atoms with Gasteiger partial charge in [0, 0.05) is 51.8 Å². The predicted octanol–water partition coefficient (Wildman–Crippen LogP) is 3.30. The van der Waals surface area contributed by atoms with Gasteiger partial charge in [0.05, 0.1) is 0 Å². The van der Waals surface area contributed by atoms with Gasteiger partial charge < -0.3 is 20.0 Å². The lowest BCUT2D eigenvalue weighted by Gasteiger charge is -2.30. The van der Waals surface area contributed by atoms with E-state index in [1.54, 1.807) is 4.90 Å². The Labute approximate surface area is 219 Å². The highest BCUT2D eigenvalue weighted by atomic mass is 32.2. The highest BCUT2D eigenvalue weighted by molar-refractivity contribution is 8.13. The first kappa shape index (κ1) is 27.7. The van der Waals surface area contributed by atoms with Crippen LogP contribution in [-0.2, 0) is 22.4 Å². The van der Waals surface area contributed by atoms with Crippen LogP contribution < -0.4 is 5.32 Å². The topological polar surface area (TPSA) is 73.0 Å². The Morgan fingerprint density at radius 1 is 0.917 bits per heavy atom. The summed E-state index contributed by atoms with van der Waals surface area (Å²) in [6, 6.07) is 18.9. The van der Waals surface area contributed by atoms with Crippen molar-refractivity contribution in [2.24, 2.45) is 0 Å². The molecular weight excluding hydrogens is 472 g/mol. The van der Waals surface area contributed by atoms with Crippen LogP contribution in [0.4, 0.5) is 4.79 Å². The number of carbonyl (C=O) groups excluding carboxylic acids is 3. The molecule has 0 spiro atoms. The fourth-order valence-corrected chi connectivity index (χ4v) is 4.90. The molecule has 1 atom stereocenters. The number of nitrogens with one attached hydrogen (secondary N) is 1. The van der Waals surface area contributed by atoms with E-state index in [0.29, 0.717) is 44.8 Å². The number of hydrogen-bond donors (Lipinski definition) is 1. The van der Waals surface area contributed by atoms with Gasteiger partial charge in [-0.1, -0.05) is 72.4 Å². The van der Waals surface area contributed by atoms with Crippen molar-refractivity contribution < 1.29 is 14.4 Å². The van der Waals surface area contributed by atoms with Gasteiger partial charge in [-0.05, 0) is 37.6 Å². The monoisotopic (exact) mass is 510 g/mol. The van der Waals surface area contributed by atoms with Crippen molar-refractivity contribution in [2.75, 3.05) is 52.1 Å². The van der Waals surface area contributed by atoms with E-state index in [1.165, 1.54) is 18.7 Å². The highest BCUT2D eigenvalue weighted by Gasteiger charge is 2.29. The lowest BCUT2D eigenvalue weighted by atomic mass is 10.0. The number of rotatable bonds is 10. The molecule has 2 aromatic rings. The Bertz CT molecular complexity index is 973. The minimum atomic E-state index is -0.650. The second-order valence-electron chi connectivity index (χ2n) is 9.24. The average Bonchev–Trinajstić information content (AvgIpc) is 3.10. The Balaban J connectivity index is 1.73. The van der Waals surface area contributed by atoms with Crippen molar-refractivity contribution in [3.05, 3.63) is 71.8 Å². The van der Waals surface area contributed by atoms with E-state index in [1.807, 2.05) is 65.6 Å². The third-order valence-electron chi connectivity index (χ3n) is 6.38. The van der Waals surface area contributed by atoms with E-state index in [-0.39, 0.29) is 17.1 Å². The first-order valence-corrected chi connectivity index (χ1v) is 13.6. The largest absolute Gasteiger partial charge is 0.340 e. The second kappa shape index (κ2) is 14.7. The van der Waals surface area contributed by atoms with Crippen LogP contribution in [0, 0.1) is 0 Å². The smallest absolute Gasteiger partial charge is 0.318 e. The molecule has 1 aliphatic rings. The van der Waals surface area contributed by atoms with Gasteiger partial charge in [0.1, 0.15) is 6.04 Å². The van der Waals surface area contributed by atoms with Gasteiger partial charge >= 0.3 is 6.03 Å². The lowest BCUT2D eigenvalue weighted by molar-refractivity contribution is -0.133. The molecule has 2 aromatic carbocycles. The maximum absolute atomic E-state index is 13.6. The minimum absolute atomic E-state index is 0.0293. The van der Waals surface area contributed by atoms with Crippen molar-refractivity contribution >= 4 is 28.8 Å². The Morgan fingerprint density at radius 3 is 2.25 bits per heavy atom. The number of urea groups is 1. The van der Waals surface area contributed by atoms with E-state index in [9.17, 15) is 14.4 Å². The van der Waals surface area contributed by atoms with Gasteiger partial charge in [-0.15, -0.1) is 0 Å². The molecule has 36 heavy (non-hydrogen) atoms. The van der Waals surface area contributed by atoms with Gasteiger partial charge in [0.25, 0.3) is 0 Å². The van der Waals surface area contributed by atoms with Crippen LogP contribution in [0.3, 0.4) is 0 Å². The van der Waals surface area contributed by atoms with Crippen molar-refractivity contribution in [1.29, 1.82) is 0 Å². The summed E-state index contributed by atoms with van der Waals surface area (Å²) in [5.41, 5.74) is 2.14. The SMILES string of the molecule is CC(=O)SCCN(CCc1ccccc1)C(=O)N[C@@H](Cc1ccccc1)C(=O)N1CCCN(C)CC1. The average molecular weight is 511 g/mol. The lowest BCUT2D eigenvalue weighted by Crippen LogP contribution is -2.54. The van der Waals surface area contributed by atoms with Gasteiger partial charge in [-0.3, -0.25) is 9.59 Å². The van der Waals surface area contributed by atoms with Gasteiger partial charge in [-0.25, -0.2) is 4.79 Å². The molecular formula is C28H38N4O3S. The maximum Gasteiger partial charge on any atom is 0.318 e. The highest BCUT2D eigenvalue weighted by Crippen LogP contribution is 2.11. The molecule has 0 unspecified atom stereocenters. The predicted molar refractivity (Wildman–Crippen MR) is 146 cm³/mol. The molecule has 1 fully saturated rings. The zero-order valence-corrected chi connectivity index (χ0v) is 22.2. The summed E-state index contributed by atoms with van der Waals surface area (Å²) in [6.07, 6.45) is 2.06. The minimum Gasteiger partial charge on any atom is -0.340 e. The van der Waals surface area contributed by atoms with Crippen molar-refractivity contribution in [3.8, 4) is 0 Å². The molecule has 194 valence electrons. The molecule has 0 saturated carbocycles. The molecule has 3 rings (SSSR count). The van der Waals surface area contributed by atoms with Crippen LogP contribution in [0.15, 0.2) is 60.7 Å². The maximum atomic E-state index is 13.6. The molecule has 0 aliphatic carbocycles. The van der Waals surface area contributed by atoms with Crippen molar-refractivity contribution in [3.63, 3.8) is 0 Å². The first-order chi connectivity index (χ1) is 17.4. The Morgan fingerprint density at radius 2 is 1.58 bits per heavy atom. The number of likely N-dealkylation sites (N-methyl/N-ethyl adjacent to an activating group) is 1. The standard InChI is InChI=1S/C28H38N4O3S/c1-23(33)36-21-20-32(17-14-24-10-5-3-6-11-24)28(35)29-26(22-25-12-7-4-8-13-25)27(34)31-16-9-15-30(2)18-19-31/h3-8,10-13,26H,9,14-22H2,1-2H3,(H,29,35)/t26-/m0/s1. The fraction of sp³-hybridized carbons (Fsp3) is 0.464. The van der Waals surface area contributed by atoms with E-state index < -0.39 is 6.04 Å². The number of carbonyl (C=O) groups is 3. The summed E-state index contributed by atoms with van der Waals surface area (Å²) < 4.78 is 0. The van der Waals surface area contributed by atoms with Crippen LogP contribution in [0.5, 0.6) is 0 Å². The summed E-state index contributed by atoms with van der Waals surface area (Å²) in [5.74, 6) is 0.483. The fourth-order valence-electron chi connectivity index (χ4n) is 4.30. The zero-order valence-electron chi connectivity index (χ0n) is 21.4. The van der Waals surface area contributed by atoms with E-state index in [2.05, 4.69) is 17.3 Å². The molecule has 1 heterocycles. The summed E-state index contributed by atoms with van der Waals surface area (Å²) in [6.45, 7) is 5.61. The normalized spacial score (nSPS) is 15.1. The van der Waals surface area contributed by atoms with Crippen molar-refractivity contribution in [2.45, 2.75) is 32.2 Å². The molecule has 1 N–H and O–H groups in total. The Hall–Kier alpha value is -2.84.